The lowest BCUT2D eigenvalue weighted by Crippen LogP contribution is -2.25. The molecule has 0 fully saturated rings. The normalized spacial score (nSPS) is 13.4. The second-order valence-corrected chi connectivity index (χ2v) is 3.17. The van der Waals surface area contributed by atoms with Crippen molar-refractivity contribution in [3.8, 4) is 0 Å². The molecule has 0 saturated carbocycles. The van der Waals surface area contributed by atoms with E-state index >= 15 is 0 Å². The molecule has 0 aliphatic carbocycles. The number of aromatic nitrogens is 3. The number of aliphatic hydroxyl groups is 1. The van der Waals surface area contributed by atoms with Crippen LogP contribution in [0.3, 0.4) is 0 Å². The van der Waals surface area contributed by atoms with Crippen LogP contribution in [0.25, 0.3) is 0 Å². The minimum Gasteiger partial charge on any atom is -0.381 e. The fourth-order valence-corrected chi connectivity index (χ4v) is 1.37. The monoisotopic (exact) mass is 215 g/mol. The van der Waals surface area contributed by atoms with Gasteiger partial charge in [0.2, 0.25) is 0 Å². The van der Waals surface area contributed by atoms with Crippen molar-refractivity contribution in [3.05, 3.63) is 11.9 Å². The fraction of sp³-hybridized carbons (Fsp3) is 0.778. The van der Waals surface area contributed by atoms with Gasteiger partial charge in [-0.25, -0.2) is 4.68 Å². The highest BCUT2D eigenvalue weighted by Gasteiger charge is 2.23. The molecule has 86 valence electrons. The maximum atomic E-state index is 9.93. The van der Waals surface area contributed by atoms with Gasteiger partial charge >= 0.3 is 0 Å². The number of rotatable bonds is 6. The van der Waals surface area contributed by atoms with Crippen molar-refractivity contribution in [1.29, 1.82) is 0 Å². The highest BCUT2D eigenvalue weighted by molar-refractivity contribution is 5.00. The zero-order chi connectivity index (χ0) is 11.3. The highest BCUT2D eigenvalue weighted by Crippen LogP contribution is 2.18. The molecule has 0 spiro atoms. The molecule has 1 unspecified atom stereocenters. The largest absolute Gasteiger partial charge is 0.381 e. The molecular formula is C9H17N3O3. The topological polar surface area (TPSA) is 69.4 Å². The summed E-state index contributed by atoms with van der Waals surface area (Å²) in [5.41, 5.74) is 0.602. The lowest BCUT2D eigenvalue weighted by atomic mass is 10.2. The number of aliphatic hydroxyl groups excluding tert-OH is 1. The smallest absolute Gasteiger partial charge is 0.188 e. The molecule has 1 heterocycles. The van der Waals surface area contributed by atoms with Gasteiger partial charge in [0.25, 0.3) is 0 Å². The van der Waals surface area contributed by atoms with E-state index in [0.717, 1.165) is 6.42 Å². The van der Waals surface area contributed by atoms with E-state index < -0.39 is 12.4 Å². The number of hydrogen-bond acceptors (Lipinski definition) is 5. The Labute approximate surface area is 88.8 Å². The van der Waals surface area contributed by atoms with Crippen molar-refractivity contribution in [2.24, 2.45) is 0 Å². The van der Waals surface area contributed by atoms with Crippen LogP contribution in [0.5, 0.6) is 0 Å². The molecular weight excluding hydrogens is 198 g/mol. The van der Waals surface area contributed by atoms with Crippen LogP contribution in [0.1, 0.15) is 25.1 Å². The minimum absolute atomic E-state index is 0.602. The summed E-state index contributed by atoms with van der Waals surface area (Å²) in [4.78, 5) is 0. The molecule has 0 aliphatic rings. The third kappa shape index (κ3) is 2.74. The van der Waals surface area contributed by atoms with Gasteiger partial charge in [0.15, 0.2) is 6.29 Å². The first-order valence-electron chi connectivity index (χ1n) is 4.86. The molecule has 1 atom stereocenters. The second-order valence-electron chi connectivity index (χ2n) is 3.17. The summed E-state index contributed by atoms with van der Waals surface area (Å²) in [5.74, 6) is 0. The summed E-state index contributed by atoms with van der Waals surface area (Å²) >= 11 is 0. The van der Waals surface area contributed by atoms with Crippen LogP contribution >= 0.6 is 0 Å². The summed E-state index contributed by atoms with van der Waals surface area (Å²) in [7, 11) is 2.96. The minimum atomic E-state index is -0.874. The Morgan fingerprint density at radius 2 is 2.13 bits per heavy atom. The summed E-state index contributed by atoms with van der Waals surface area (Å²) in [6, 6.07) is 0. The van der Waals surface area contributed by atoms with E-state index in [0.29, 0.717) is 12.2 Å². The summed E-state index contributed by atoms with van der Waals surface area (Å²) in [6.45, 7) is 2.74. The number of methoxy groups -OCH3 is 2. The Morgan fingerprint density at radius 3 is 2.67 bits per heavy atom. The maximum Gasteiger partial charge on any atom is 0.188 e. The number of hydrogen-bond donors (Lipinski definition) is 1. The molecule has 1 rings (SSSR count). The molecule has 0 amide bonds. The predicted octanol–water partition coefficient (Wildman–Crippen LogP) is 0.340. The van der Waals surface area contributed by atoms with Crippen LogP contribution in [-0.2, 0) is 16.0 Å². The van der Waals surface area contributed by atoms with Gasteiger partial charge < -0.3 is 14.6 Å². The first-order chi connectivity index (χ1) is 7.24. The van der Waals surface area contributed by atoms with Crippen LogP contribution in [-0.4, -0.2) is 40.6 Å². The predicted molar refractivity (Wildman–Crippen MR) is 53.1 cm³/mol. The number of aryl methyl sites for hydroxylation is 1. The molecule has 1 aromatic heterocycles. The lowest BCUT2D eigenvalue weighted by Gasteiger charge is -2.20. The van der Waals surface area contributed by atoms with Crippen molar-refractivity contribution in [1.82, 2.24) is 15.0 Å². The molecule has 1 aromatic rings. The van der Waals surface area contributed by atoms with Gasteiger partial charge in [0.1, 0.15) is 6.10 Å². The van der Waals surface area contributed by atoms with E-state index in [2.05, 4.69) is 10.3 Å². The average molecular weight is 215 g/mol. The molecule has 0 aliphatic heterocycles. The fourth-order valence-electron chi connectivity index (χ4n) is 1.37. The second kappa shape index (κ2) is 5.79. The zero-order valence-electron chi connectivity index (χ0n) is 9.25. The summed E-state index contributed by atoms with van der Waals surface area (Å²) in [5, 5.41) is 17.6. The first-order valence-corrected chi connectivity index (χ1v) is 4.86. The molecule has 6 nitrogen and oxygen atoms in total. The van der Waals surface area contributed by atoms with Gasteiger partial charge in [-0.3, -0.25) is 0 Å². The number of ether oxygens (including phenoxy) is 2. The molecule has 0 aromatic carbocycles. The molecule has 0 radical (unpaired) electrons. The Bertz CT molecular complexity index is 286. The summed E-state index contributed by atoms with van der Waals surface area (Å²) in [6.07, 6.45) is 0.875. The average Bonchev–Trinajstić information content (AvgIpc) is 2.68. The van der Waals surface area contributed by atoms with Crippen molar-refractivity contribution >= 4 is 0 Å². The van der Waals surface area contributed by atoms with Crippen molar-refractivity contribution in [2.45, 2.75) is 32.3 Å². The third-order valence-corrected chi connectivity index (χ3v) is 2.11. The summed E-state index contributed by atoms with van der Waals surface area (Å²) < 4.78 is 11.6. The van der Waals surface area contributed by atoms with E-state index in [1.54, 1.807) is 4.68 Å². The maximum absolute atomic E-state index is 9.93. The van der Waals surface area contributed by atoms with Crippen molar-refractivity contribution in [3.63, 3.8) is 0 Å². The molecule has 0 saturated heterocycles. The molecule has 1 N–H and O–H groups in total. The van der Waals surface area contributed by atoms with Gasteiger partial charge in [-0.1, -0.05) is 12.1 Å². The first kappa shape index (κ1) is 12.1. The van der Waals surface area contributed by atoms with Crippen molar-refractivity contribution in [2.75, 3.05) is 14.2 Å². The van der Waals surface area contributed by atoms with E-state index in [1.807, 2.05) is 6.92 Å². The van der Waals surface area contributed by atoms with Gasteiger partial charge in [-0.05, 0) is 6.42 Å². The Morgan fingerprint density at radius 1 is 1.47 bits per heavy atom. The van der Waals surface area contributed by atoms with Gasteiger partial charge in [-0.2, -0.15) is 0 Å². The van der Waals surface area contributed by atoms with E-state index in [9.17, 15) is 5.11 Å². The zero-order valence-corrected chi connectivity index (χ0v) is 9.25. The SMILES string of the molecule is CCCn1nncc1C(O)C(OC)OC. The van der Waals surface area contributed by atoms with Gasteiger partial charge in [-0.15, -0.1) is 5.10 Å². The standard InChI is InChI=1S/C9H17N3O3/c1-4-5-12-7(6-10-11-12)8(13)9(14-2)15-3/h6,8-9,13H,4-5H2,1-3H3. The Hall–Kier alpha value is -0.980. The van der Waals surface area contributed by atoms with Crippen LogP contribution in [0.4, 0.5) is 0 Å². The van der Waals surface area contributed by atoms with Gasteiger partial charge in [0.05, 0.1) is 11.9 Å². The van der Waals surface area contributed by atoms with E-state index in [-0.39, 0.29) is 0 Å². The van der Waals surface area contributed by atoms with Crippen LogP contribution in [0.2, 0.25) is 0 Å². The van der Waals surface area contributed by atoms with Crippen LogP contribution < -0.4 is 0 Å². The molecule has 0 bridgehead atoms. The van der Waals surface area contributed by atoms with E-state index in [1.165, 1.54) is 20.4 Å². The van der Waals surface area contributed by atoms with Gasteiger partial charge in [0, 0.05) is 20.8 Å². The Kier molecular flexibility index (Phi) is 4.67. The van der Waals surface area contributed by atoms with E-state index in [4.69, 9.17) is 9.47 Å². The number of nitrogens with zero attached hydrogens (tertiary/aromatic N) is 3. The third-order valence-electron chi connectivity index (χ3n) is 2.11. The molecule has 6 heteroatoms. The van der Waals surface area contributed by atoms with Crippen LogP contribution in [0.15, 0.2) is 6.20 Å². The molecule has 15 heavy (non-hydrogen) atoms. The Balaban J connectivity index is 2.79. The van der Waals surface area contributed by atoms with Crippen molar-refractivity contribution < 1.29 is 14.6 Å². The van der Waals surface area contributed by atoms with Crippen LogP contribution in [0, 0.1) is 0 Å². The quantitative estimate of drug-likeness (QED) is 0.693. The lowest BCUT2D eigenvalue weighted by molar-refractivity contribution is -0.168. The highest BCUT2D eigenvalue weighted by atomic mass is 16.7.